The molecule has 0 aliphatic heterocycles. The van der Waals surface area contributed by atoms with Crippen LogP contribution >= 0.6 is 24.0 Å². The predicted octanol–water partition coefficient (Wildman–Crippen LogP) is 4.45. The van der Waals surface area contributed by atoms with Gasteiger partial charge in [-0.1, -0.05) is 18.2 Å². The largest absolute Gasteiger partial charge is 0.573 e. The summed E-state index contributed by atoms with van der Waals surface area (Å²) in [6.07, 6.45) is -4.79. The number of nitrogens with zero attached hydrogens (tertiary/aromatic N) is 1. The predicted molar refractivity (Wildman–Crippen MR) is 105 cm³/mol. The van der Waals surface area contributed by atoms with Gasteiger partial charge in [0.15, 0.2) is 11.7 Å². The normalized spacial score (nSPS) is 11.5. The van der Waals surface area contributed by atoms with Crippen molar-refractivity contribution >= 4 is 35.6 Å². The van der Waals surface area contributed by atoms with Crippen LogP contribution < -0.4 is 20.5 Å². The monoisotopic (exact) mass is 481 g/mol. The molecule has 0 aromatic heterocycles. The van der Waals surface area contributed by atoms with E-state index in [4.69, 9.17) is 10.5 Å². The molecule has 0 fully saturated rings. The molecule has 9 heteroatoms. The lowest BCUT2D eigenvalue weighted by molar-refractivity contribution is -0.274. The van der Waals surface area contributed by atoms with E-state index in [2.05, 4.69) is 15.0 Å². The van der Waals surface area contributed by atoms with Crippen molar-refractivity contribution in [3.8, 4) is 11.5 Å². The first kappa shape index (κ1) is 21.9. The van der Waals surface area contributed by atoms with Gasteiger partial charge >= 0.3 is 6.36 Å². The standard InChI is InChI=1S/C17H18F3N3O2.HI/c1-11-7-12(9-13(8-11)24-2)10-22-16(21)23-14-5-3-4-6-15(14)25-17(18,19)20;/h3-9H,10H2,1-2H3,(H3,21,22,23);1H. The topological polar surface area (TPSA) is 68.9 Å². The van der Waals surface area contributed by atoms with Crippen LogP contribution in [0.25, 0.3) is 0 Å². The Bertz CT molecular complexity index is 767. The molecule has 142 valence electrons. The van der Waals surface area contributed by atoms with Crippen molar-refractivity contribution in [2.75, 3.05) is 12.4 Å². The van der Waals surface area contributed by atoms with Crippen LogP contribution in [0.4, 0.5) is 18.9 Å². The molecule has 2 rings (SSSR count). The fourth-order valence-corrected chi connectivity index (χ4v) is 2.17. The molecular formula is C17H19F3IN3O2. The number of benzene rings is 2. The van der Waals surface area contributed by atoms with Crippen molar-refractivity contribution in [1.29, 1.82) is 0 Å². The van der Waals surface area contributed by atoms with Crippen LogP contribution in [0, 0.1) is 6.92 Å². The maximum absolute atomic E-state index is 12.4. The number of halogens is 4. The third kappa shape index (κ3) is 6.98. The molecule has 0 heterocycles. The quantitative estimate of drug-likeness (QED) is 0.377. The van der Waals surface area contributed by atoms with Crippen LogP contribution in [0.3, 0.4) is 0 Å². The number of alkyl halides is 3. The summed E-state index contributed by atoms with van der Waals surface area (Å²) in [5.74, 6) is 0.282. The van der Waals surface area contributed by atoms with E-state index in [0.717, 1.165) is 11.1 Å². The number of aliphatic imine (C=N–C) groups is 1. The van der Waals surface area contributed by atoms with Gasteiger partial charge in [-0.2, -0.15) is 0 Å². The van der Waals surface area contributed by atoms with E-state index in [1.165, 1.54) is 18.2 Å². The summed E-state index contributed by atoms with van der Waals surface area (Å²) in [5.41, 5.74) is 7.70. The summed E-state index contributed by atoms with van der Waals surface area (Å²) >= 11 is 0. The fourth-order valence-electron chi connectivity index (χ4n) is 2.17. The number of nitrogens with two attached hydrogens (primary N) is 1. The van der Waals surface area contributed by atoms with Gasteiger partial charge in [-0.05, 0) is 42.3 Å². The molecule has 0 atom stereocenters. The Labute approximate surface area is 166 Å². The Kier molecular flexibility index (Phi) is 8.00. The first-order chi connectivity index (χ1) is 11.8. The van der Waals surface area contributed by atoms with E-state index in [1.807, 2.05) is 25.1 Å². The first-order valence-corrected chi connectivity index (χ1v) is 7.33. The summed E-state index contributed by atoms with van der Waals surface area (Å²) in [5, 5.41) is 2.62. The highest BCUT2D eigenvalue weighted by molar-refractivity contribution is 14.0. The molecule has 0 unspecified atom stereocenters. The lowest BCUT2D eigenvalue weighted by atomic mass is 10.1. The van der Waals surface area contributed by atoms with Crippen molar-refractivity contribution < 1.29 is 22.6 Å². The number of hydrogen-bond donors (Lipinski definition) is 2. The van der Waals surface area contributed by atoms with E-state index < -0.39 is 6.36 Å². The van der Waals surface area contributed by atoms with Gasteiger partial charge in [-0.25, -0.2) is 4.99 Å². The minimum atomic E-state index is -4.79. The number of hydrogen-bond acceptors (Lipinski definition) is 3. The number of guanidine groups is 1. The van der Waals surface area contributed by atoms with Crippen molar-refractivity contribution in [2.24, 2.45) is 10.7 Å². The second-order valence-corrected chi connectivity index (χ2v) is 5.23. The third-order valence-electron chi connectivity index (χ3n) is 3.15. The van der Waals surface area contributed by atoms with Crippen molar-refractivity contribution in [3.05, 3.63) is 53.6 Å². The maximum Gasteiger partial charge on any atom is 0.573 e. The molecule has 0 bridgehead atoms. The van der Waals surface area contributed by atoms with E-state index in [1.54, 1.807) is 13.2 Å². The summed E-state index contributed by atoms with van der Waals surface area (Å²) in [7, 11) is 1.56. The summed E-state index contributed by atoms with van der Waals surface area (Å²) in [6, 6.07) is 11.2. The molecule has 0 saturated carbocycles. The number of ether oxygens (including phenoxy) is 2. The van der Waals surface area contributed by atoms with Crippen LogP contribution in [0.15, 0.2) is 47.5 Å². The van der Waals surface area contributed by atoms with Crippen LogP contribution in [0.1, 0.15) is 11.1 Å². The van der Waals surface area contributed by atoms with Crippen LogP contribution in [0.2, 0.25) is 0 Å². The number of para-hydroxylation sites is 2. The molecule has 0 aliphatic carbocycles. The molecule has 0 spiro atoms. The van der Waals surface area contributed by atoms with E-state index >= 15 is 0 Å². The van der Waals surface area contributed by atoms with Crippen LogP contribution in [-0.2, 0) is 6.54 Å². The summed E-state index contributed by atoms with van der Waals surface area (Å²) < 4.78 is 46.4. The smallest absolute Gasteiger partial charge is 0.497 e. The zero-order valence-corrected chi connectivity index (χ0v) is 16.5. The molecule has 0 amide bonds. The summed E-state index contributed by atoms with van der Waals surface area (Å²) in [6.45, 7) is 2.17. The van der Waals surface area contributed by atoms with Crippen LogP contribution in [0.5, 0.6) is 11.5 Å². The lowest BCUT2D eigenvalue weighted by Gasteiger charge is -2.14. The second-order valence-electron chi connectivity index (χ2n) is 5.23. The molecular weight excluding hydrogens is 462 g/mol. The van der Waals surface area contributed by atoms with Gasteiger partial charge < -0.3 is 20.5 Å². The van der Waals surface area contributed by atoms with E-state index in [0.29, 0.717) is 5.75 Å². The molecule has 2 aromatic carbocycles. The number of aryl methyl sites for hydroxylation is 1. The minimum Gasteiger partial charge on any atom is -0.497 e. The minimum absolute atomic E-state index is 0. The molecule has 5 nitrogen and oxygen atoms in total. The molecule has 3 N–H and O–H groups in total. The van der Waals surface area contributed by atoms with Gasteiger partial charge in [-0.3, -0.25) is 0 Å². The third-order valence-corrected chi connectivity index (χ3v) is 3.15. The Morgan fingerprint density at radius 2 is 1.88 bits per heavy atom. The molecule has 0 saturated heterocycles. The summed E-state index contributed by atoms with van der Waals surface area (Å²) in [4.78, 5) is 4.13. The van der Waals surface area contributed by atoms with E-state index in [9.17, 15) is 13.2 Å². The number of anilines is 1. The molecule has 0 aliphatic rings. The average Bonchev–Trinajstić information content (AvgIpc) is 2.53. The zero-order valence-electron chi connectivity index (χ0n) is 14.1. The Morgan fingerprint density at radius 1 is 1.19 bits per heavy atom. The SMILES string of the molecule is COc1cc(C)cc(CN=C(N)Nc2ccccc2OC(F)(F)F)c1.I. The van der Waals surface area contributed by atoms with Gasteiger partial charge in [0.05, 0.1) is 19.3 Å². The van der Waals surface area contributed by atoms with Crippen molar-refractivity contribution in [2.45, 2.75) is 19.8 Å². The van der Waals surface area contributed by atoms with Crippen molar-refractivity contribution in [3.63, 3.8) is 0 Å². The number of nitrogens with one attached hydrogen (secondary N) is 1. The van der Waals surface area contributed by atoms with Gasteiger partial charge in [-0.15, -0.1) is 37.1 Å². The highest BCUT2D eigenvalue weighted by Crippen LogP contribution is 2.29. The average molecular weight is 481 g/mol. The van der Waals surface area contributed by atoms with Gasteiger partial charge in [0.1, 0.15) is 5.75 Å². The van der Waals surface area contributed by atoms with Gasteiger partial charge in [0.2, 0.25) is 0 Å². The van der Waals surface area contributed by atoms with Crippen LogP contribution in [-0.4, -0.2) is 19.4 Å². The number of rotatable bonds is 5. The van der Waals surface area contributed by atoms with Gasteiger partial charge in [0, 0.05) is 0 Å². The maximum atomic E-state index is 12.4. The molecule has 0 radical (unpaired) electrons. The van der Waals surface area contributed by atoms with Crippen molar-refractivity contribution in [1.82, 2.24) is 0 Å². The molecule has 26 heavy (non-hydrogen) atoms. The highest BCUT2D eigenvalue weighted by atomic mass is 127. The highest BCUT2D eigenvalue weighted by Gasteiger charge is 2.32. The Hall–Kier alpha value is -2.17. The first-order valence-electron chi connectivity index (χ1n) is 7.33. The zero-order chi connectivity index (χ0) is 18.4. The lowest BCUT2D eigenvalue weighted by Crippen LogP contribution is -2.24. The fraction of sp³-hybridized carbons (Fsp3) is 0.235. The van der Waals surface area contributed by atoms with Gasteiger partial charge in [0.25, 0.3) is 0 Å². The Balaban J connectivity index is 0.00000338. The molecule has 2 aromatic rings. The Morgan fingerprint density at radius 3 is 2.54 bits per heavy atom. The second kappa shape index (κ2) is 9.51. The van der Waals surface area contributed by atoms with E-state index in [-0.39, 0.29) is 47.9 Å². The number of methoxy groups -OCH3 is 1.